The molecule has 9 heteroatoms. The van der Waals surface area contributed by atoms with Gasteiger partial charge in [-0.1, -0.05) is 17.8 Å². The number of thioether (sulfide) groups is 1. The van der Waals surface area contributed by atoms with Gasteiger partial charge >= 0.3 is 0 Å². The lowest BCUT2D eigenvalue weighted by Crippen LogP contribution is -2.33. The zero-order valence-electron chi connectivity index (χ0n) is 16.0. The minimum absolute atomic E-state index is 0.0422. The zero-order chi connectivity index (χ0) is 20.1. The van der Waals surface area contributed by atoms with E-state index in [-0.39, 0.29) is 24.1 Å². The van der Waals surface area contributed by atoms with E-state index in [1.165, 1.54) is 32.3 Å². The maximum Gasteiger partial charge on any atom is 0.277 e. The first kappa shape index (κ1) is 20.3. The number of aliphatic imine (C=N–C) groups is 1. The molecule has 0 spiro atoms. The van der Waals surface area contributed by atoms with Gasteiger partial charge in [0.2, 0.25) is 5.91 Å². The third-order valence-corrected chi connectivity index (χ3v) is 5.89. The van der Waals surface area contributed by atoms with Crippen LogP contribution in [0.5, 0.6) is 0 Å². The molecule has 2 aliphatic rings. The van der Waals surface area contributed by atoms with E-state index in [0.29, 0.717) is 11.3 Å². The van der Waals surface area contributed by atoms with Crippen molar-refractivity contribution in [1.29, 1.82) is 0 Å². The molecule has 1 aromatic carbocycles. The van der Waals surface area contributed by atoms with Crippen molar-refractivity contribution in [2.24, 2.45) is 4.99 Å². The maximum absolute atomic E-state index is 12.4. The van der Waals surface area contributed by atoms with Crippen LogP contribution in [0.2, 0.25) is 0 Å². The van der Waals surface area contributed by atoms with Crippen molar-refractivity contribution in [2.45, 2.75) is 30.9 Å². The normalized spacial score (nSPS) is 19.4. The molecule has 1 fully saturated rings. The standard InChI is InChI=1S/C19H24N4O4S/c1-22(27-2)18(26)13-7-6-8-14(11-13)20-16(24)12-15-17(25)21-19(28-15)23-9-4-3-5-10-23/h6-8,11,15H,3-5,9-10,12H2,1-2H3,(H,20,24)/t15-/m1/s1. The van der Waals surface area contributed by atoms with E-state index in [2.05, 4.69) is 15.2 Å². The molecule has 1 aromatic rings. The maximum atomic E-state index is 12.4. The van der Waals surface area contributed by atoms with Crippen LogP contribution in [0, 0.1) is 0 Å². The van der Waals surface area contributed by atoms with Gasteiger partial charge in [-0.3, -0.25) is 19.2 Å². The lowest BCUT2D eigenvalue weighted by Gasteiger charge is -2.27. The molecule has 0 aliphatic carbocycles. The van der Waals surface area contributed by atoms with Gasteiger partial charge in [0.1, 0.15) is 5.25 Å². The van der Waals surface area contributed by atoms with Gasteiger partial charge in [0.15, 0.2) is 5.17 Å². The summed E-state index contributed by atoms with van der Waals surface area (Å²) in [5.74, 6) is -0.864. The van der Waals surface area contributed by atoms with Crippen LogP contribution in [0.15, 0.2) is 29.3 Å². The monoisotopic (exact) mass is 404 g/mol. The van der Waals surface area contributed by atoms with Crippen LogP contribution < -0.4 is 5.32 Å². The van der Waals surface area contributed by atoms with Crippen LogP contribution in [0.25, 0.3) is 0 Å². The van der Waals surface area contributed by atoms with Gasteiger partial charge in [-0.15, -0.1) is 0 Å². The number of amidine groups is 1. The Hall–Kier alpha value is -2.39. The second-order valence-electron chi connectivity index (χ2n) is 6.71. The van der Waals surface area contributed by atoms with Gasteiger partial charge in [0.25, 0.3) is 11.8 Å². The summed E-state index contributed by atoms with van der Waals surface area (Å²) < 4.78 is 0. The molecule has 28 heavy (non-hydrogen) atoms. The molecule has 2 heterocycles. The van der Waals surface area contributed by atoms with Crippen molar-refractivity contribution < 1.29 is 19.2 Å². The van der Waals surface area contributed by atoms with Gasteiger partial charge in [-0.05, 0) is 37.5 Å². The molecular formula is C19H24N4O4S. The number of hydroxylamine groups is 2. The third-order valence-electron chi connectivity index (χ3n) is 4.68. The van der Waals surface area contributed by atoms with Crippen molar-refractivity contribution >= 4 is 40.3 Å². The van der Waals surface area contributed by atoms with E-state index in [4.69, 9.17) is 4.84 Å². The van der Waals surface area contributed by atoms with E-state index in [0.717, 1.165) is 36.2 Å². The Balaban J connectivity index is 1.56. The molecule has 3 rings (SSSR count). The van der Waals surface area contributed by atoms with Crippen LogP contribution in [0.1, 0.15) is 36.0 Å². The summed E-state index contributed by atoms with van der Waals surface area (Å²) in [6.07, 6.45) is 3.45. The fourth-order valence-electron chi connectivity index (χ4n) is 3.10. The number of amides is 3. The zero-order valence-corrected chi connectivity index (χ0v) is 16.8. The second kappa shape index (κ2) is 9.20. The SMILES string of the molecule is CON(C)C(=O)c1cccc(NC(=O)C[C@H]2SC(N3CCCCC3)=NC2=O)c1. The predicted molar refractivity (Wildman–Crippen MR) is 108 cm³/mol. The van der Waals surface area contributed by atoms with Crippen molar-refractivity contribution in [1.82, 2.24) is 9.96 Å². The summed E-state index contributed by atoms with van der Waals surface area (Å²) >= 11 is 1.37. The average molecular weight is 404 g/mol. The molecule has 0 saturated carbocycles. The molecule has 0 bridgehead atoms. The number of likely N-dealkylation sites (tertiary alicyclic amines) is 1. The summed E-state index contributed by atoms with van der Waals surface area (Å²) in [5.41, 5.74) is 0.886. The van der Waals surface area contributed by atoms with E-state index in [9.17, 15) is 14.4 Å². The first-order chi connectivity index (χ1) is 13.5. The van der Waals surface area contributed by atoms with Gasteiger partial charge in [-0.25, -0.2) is 5.06 Å². The number of nitrogens with one attached hydrogen (secondary N) is 1. The Morgan fingerprint density at radius 1 is 1.32 bits per heavy atom. The first-order valence-electron chi connectivity index (χ1n) is 9.24. The Bertz CT molecular complexity index is 792. The Labute approximate surface area is 168 Å². The number of anilines is 1. The molecule has 0 unspecified atom stereocenters. The van der Waals surface area contributed by atoms with Crippen molar-refractivity contribution in [3.05, 3.63) is 29.8 Å². The van der Waals surface area contributed by atoms with Crippen LogP contribution in [0.4, 0.5) is 5.69 Å². The number of rotatable bonds is 5. The molecule has 1 saturated heterocycles. The van der Waals surface area contributed by atoms with Crippen molar-refractivity contribution in [2.75, 3.05) is 32.6 Å². The molecule has 2 aliphatic heterocycles. The number of nitrogens with zero attached hydrogens (tertiary/aromatic N) is 3. The predicted octanol–water partition coefficient (Wildman–Crippen LogP) is 2.13. The highest BCUT2D eigenvalue weighted by Crippen LogP contribution is 2.29. The molecular weight excluding hydrogens is 380 g/mol. The molecule has 3 amide bonds. The molecule has 1 N–H and O–H groups in total. The minimum Gasteiger partial charge on any atom is -0.351 e. The number of piperidine rings is 1. The molecule has 1 atom stereocenters. The summed E-state index contributed by atoms with van der Waals surface area (Å²) in [4.78, 5) is 47.9. The summed E-state index contributed by atoms with van der Waals surface area (Å²) in [7, 11) is 2.91. The lowest BCUT2D eigenvalue weighted by atomic mass is 10.1. The van der Waals surface area contributed by atoms with Gasteiger partial charge in [-0.2, -0.15) is 4.99 Å². The smallest absolute Gasteiger partial charge is 0.277 e. The molecule has 0 aromatic heterocycles. The Kier molecular flexibility index (Phi) is 6.69. The number of hydrogen-bond acceptors (Lipinski definition) is 6. The van der Waals surface area contributed by atoms with E-state index in [1.54, 1.807) is 24.3 Å². The topological polar surface area (TPSA) is 91.3 Å². The number of carbonyl (C=O) groups is 3. The number of benzene rings is 1. The third kappa shape index (κ3) is 4.90. The molecule has 0 radical (unpaired) electrons. The van der Waals surface area contributed by atoms with Gasteiger partial charge in [0, 0.05) is 37.8 Å². The molecule has 150 valence electrons. The lowest BCUT2D eigenvalue weighted by molar-refractivity contribution is -0.121. The van der Waals surface area contributed by atoms with Crippen LogP contribution in [-0.2, 0) is 14.4 Å². The van der Waals surface area contributed by atoms with E-state index < -0.39 is 5.25 Å². The van der Waals surface area contributed by atoms with Crippen LogP contribution in [-0.4, -0.2) is 65.3 Å². The number of carbonyl (C=O) groups excluding carboxylic acids is 3. The minimum atomic E-state index is -0.499. The van der Waals surface area contributed by atoms with Gasteiger partial charge < -0.3 is 10.2 Å². The van der Waals surface area contributed by atoms with Crippen LogP contribution >= 0.6 is 11.8 Å². The van der Waals surface area contributed by atoms with E-state index in [1.807, 2.05) is 0 Å². The summed E-state index contributed by atoms with van der Waals surface area (Å²) in [5, 5.41) is 4.10. The number of hydrogen-bond donors (Lipinski definition) is 1. The summed E-state index contributed by atoms with van der Waals surface area (Å²) in [6, 6.07) is 6.60. The van der Waals surface area contributed by atoms with Gasteiger partial charge in [0.05, 0.1) is 7.11 Å². The first-order valence-corrected chi connectivity index (χ1v) is 10.1. The highest BCUT2D eigenvalue weighted by atomic mass is 32.2. The molecule has 8 nitrogen and oxygen atoms in total. The highest BCUT2D eigenvalue weighted by molar-refractivity contribution is 8.15. The summed E-state index contributed by atoms with van der Waals surface area (Å²) in [6.45, 7) is 1.82. The largest absolute Gasteiger partial charge is 0.351 e. The quantitative estimate of drug-likeness (QED) is 0.756. The van der Waals surface area contributed by atoms with Crippen molar-refractivity contribution in [3.63, 3.8) is 0 Å². The van der Waals surface area contributed by atoms with Crippen LogP contribution in [0.3, 0.4) is 0 Å². The van der Waals surface area contributed by atoms with E-state index >= 15 is 0 Å². The Morgan fingerprint density at radius 2 is 2.07 bits per heavy atom. The Morgan fingerprint density at radius 3 is 2.79 bits per heavy atom. The fraction of sp³-hybridized carbons (Fsp3) is 0.474. The average Bonchev–Trinajstić information content (AvgIpc) is 3.07. The highest BCUT2D eigenvalue weighted by Gasteiger charge is 2.33. The van der Waals surface area contributed by atoms with Crippen molar-refractivity contribution in [3.8, 4) is 0 Å². The second-order valence-corrected chi connectivity index (χ2v) is 7.88. The fourth-order valence-corrected chi connectivity index (χ4v) is 4.22.